The Morgan fingerprint density at radius 3 is 2.57 bits per heavy atom. The number of furan rings is 1. The van der Waals surface area contributed by atoms with Gasteiger partial charge in [0, 0.05) is 10.9 Å². The minimum atomic E-state index is -0.364. The fourth-order valence-corrected chi connectivity index (χ4v) is 2.17. The van der Waals surface area contributed by atoms with Crippen LogP contribution in [0.5, 0.6) is 0 Å². The van der Waals surface area contributed by atoms with Crippen molar-refractivity contribution in [1.29, 1.82) is 0 Å². The van der Waals surface area contributed by atoms with Crippen molar-refractivity contribution in [2.45, 2.75) is 13.0 Å². The number of carbonyl (C=O) groups is 1. The Morgan fingerprint density at radius 2 is 1.86 bits per heavy atom. The topological polar surface area (TPSA) is 42.2 Å². The average molecular weight is 283 g/mol. The van der Waals surface area contributed by atoms with Gasteiger partial charge >= 0.3 is 0 Å². The first kappa shape index (κ1) is 13.4. The predicted molar refractivity (Wildman–Crippen MR) is 78.5 cm³/mol. The summed E-state index contributed by atoms with van der Waals surface area (Å²) in [6, 6.07) is 14.7. The third-order valence-corrected chi connectivity index (χ3v) is 3.33. The van der Waals surface area contributed by atoms with Gasteiger partial charge in [0.2, 0.25) is 0 Å². The molecule has 0 spiro atoms. The lowest BCUT2D eigenvalue weighted by Gasteiger charge is -2.11. The van der Waals surface area contributed by atoms with Crippen LogP contribution in [0.15, 0.2) is 59.0 Å². The van der Waals surface area contributed by atoms with Crippen molar-refractivity contribution in [1.82, 2.24) is 5.32 Å². The van der Waals surface area contributed by atoms with Crippen LogP contribution in [-0.4, -0.2) is 5.91 Å². The minimum absolute atomic E-state index is 0.261. The van der Waals surface area contributed by atoms with E-state index in [1.54, 1.807) is 0 Å². The largest absolute Gasteiger partial charge is 0.459 e. The quantitative estimate of drug-likeness (QED) is 0.787. The molecular weight excluding hydrogens is 269 g/mol. The molecule has 1 heterocycles. The summed E-state index contributed by atoms with van der Waals surface area (Å²) in [6.45, 7) is 1.85. The van der Waals surface area contributed by atoms with Gasteiger partial charge in [0.1, 0.15) is 17.2 Å². The number of fused-ring (bicyclic) bond motifs is 1. The second kappa shape index (κ2) is 5.40. The molecule has 0 fully saturated rings. The Morgan fingerprint density at radius 1 is 1.14 bits per heavy atom. The predicted octanol–water partition coefficient (Wildman–Crippen LogP) is 4.06. The van der Waals surface area contributed by atoms with E-state index in [0.717, 1.165) is 11.0 Å². The molecule has 0 saturated heterocycles. The molecule has 0 bridgehead atoms. The van der Waals surface area contributed by atoms with Gasteiger partial charge in [-0.25, -0.2) is 4.39 Å². The molecule has 0 saturated carbocycles. The van der Waals surface area contributed by atoms with E-state index < -0.39 is 0 Å². The Hall–Kier alpha value is -2.62. The third kappa shape index (κ3) is 2.79. The first-order valence-electron chi connectivity index (χ1n) is 6.68. The number of nitrogens with one attached hydrogen (secondary N) is 1. The Kier molecular flexibility index (Phi) is 3.44. The summed E-state index contributed by atoms with van der Waals surface area (Å²) in [6.07, 6.45) is 0. The summed E-state index contributed by atoms with van der Waals surface area (Å²) in [7, 11) is 0. The summed E-state index contributed by atoms with van der Waals surface area (Å²) in [5, 5.41) is 3.83. The fourth-order valence-electron chi connectivity index (χ4n) is 2.17. The minimum Gasteiger partial charge on any atom is -0.459 e. The highest BCUT2D eigenvalue weighted by Gasteiger charge is 2.15. The normalized spacial score (nSPS) is 12.3. The van der Waals surface area contributed by atoms with Gasteiger partial charge in [-0.3, -0.25) is 4.79 Å². The number of halogens is 1. The third-order valence-electron chi connectivity index (χ3n) is 3.33. The Bertz CT molecular complexity index is 744. The van der Waals surface area contributed by atoms with Gasteiger partial charge in [0.25, 0.3) is 5.91 Å². The molecule has 0 aliphatic rings. The van der Waals surface area contributed by atoms with Gasteiger partial charge in [-0.1, -0.05) is 18.2 Å². The number of benzene rings is 2. The zero-order valence-corrected chi connectivity index (χ0v) is 11.5. The van der Waals surface area contributed by atoms with Crippen molar-refractivity contribution < 1.29 is 13.6 Å². The molecule has 1 amide bonds. The monoisotopic (exact) mass is 283 g/mol. The second-order valence-electron chi connectivity index (χ2n) is 4.89. The molecule has 106 valence electrons. The average Bonchev–Trinajstić information content (AvgIpc) is 2.92. The zero-order valence-electron chi connectivity index (χ0n) is 11.5. The van der Waals surface area contributed by atoms with Crippen molar-refractivity contribution in [2.24, 2.45) is 0 Å². The van der Waals surface area contributed by atoms with E-state index in [4.69, 9.17) is 4.42 Å². The molecule has 1 atom stereocenters. The standard InChI is InChI=1S/C17H14FNO2/c1-11(16-10-13-4-2-3-5-15(13)21-16)19-17(20)12-6-8-14(18)9-7-12/h2-11H,1H3,(H,19,20)/t11-/m1/s1. The highest BCUT2D eigenvalue weighted by atomic mass is 19.1. The van der Waals surface area contributed by atoms with E-state index in [9.17, 15) is 9.18 Å². The van der Waals surface area contributed by atoms with E-state index in [0.29, 0.717) is 11.3 Å². The molecule has 1 aromatic heterocycles. The molecule has 1 N–H and O–H groups in total. The van der Waals surface area contributed by atoms with Crippen molar-refractivity contribution >= 4 is 16.9 Å². The van der Waals surface area contributed by atoms with Gasteiger partial charge in [-0.05, 0) is 43.3 Å². The van der Waals surface area contributed by atoms with Gasteiger partial charge in [-0.15, -0.1) is 0 Å². The van der Waals surface area contributed by atoms with Crippen molar-refractivity contribution in [3.05, 3.63) is 71.7 Å². The summed E-state index contributed by atoms with van der Waals surface area (Å²) < 4.78 is 18.6. The van der Waals surface area contributed by atoms with Gasteiger partial charge in [0.05, 0.1) is 6.04 Å². The number of hydrogen-bond acceptors (Lipinski definition) is 2. The van der Waals surface area contributed by atoms with E-state index in [1.807, 2.05) is 37.3 Å². The van der Waals surface area contributed by atoms with Crippen LogP contribution in [-0.2, 0) is 0 Å². The lowest BCUT2D eigenvalue weighted by Crippen LogP contribution is -2.26. The fraction of sp³-hybridized carbons (Fsp3) is 0.118. The van der Waals surface area contributed by atoms with Crippen LogP contribution in [0.4, 0.5) is 4.39 Å². The number of para-hydroxylation sites is 1. The number of rotatable bonds is 3. The Labute approximate surface area is 121 Å². The van der Waals surface area contributed by atoms with E-state index >= 15 is 0 Å². The van der Waals surface area contributed by atoms with Crippen LogP contribution in [0, 0.1) is 5.82 Å². The number of carbonyl (C=O) groups excluding carboxylic acids is 1. The Balaban J connectivity index is 1.77. The first-order chi connectivity index (χ1) is 10.1. The maximum atomic E-state index is 12.8. The molecule has 3 rings (SSSR count). The SMILES string of the molecule is C[C@@H](NC(=O)c1ccc(F)cc1)c1cc2ccccc2o1. The van der Waals surface area contributed by atoms with Gasteiger partial charge < -0.3 is 9.73 Å². The molecule has 0 aliphatic carbocycles. The molecule has 2 aromatic carbocycles. The summed E-state index contributed by atoms with van der Waals surface area (Å²) in [4.78, 5) is 12.1. The van der Waals surface area contributed by atoms with Crippen molar-refractivity contribution in [2.75, 3.05) is 0 Å². The van der Waals surface area contributed by atoms with Gasteiger partial charge in [-0.2, -0.15) is 0 Å². The van der Waals surface area contributed by atoms with Crippen molar-refractivity contribution in [3.8, 4) is 0 Å². The molecule has 21 heavy (non-hydrogen) atoms. The van der Waals surface area contributed by atoms with E-state index in [1.165, 1.54) is 24.3 Å². The van der Waals surface area contributed by atoms with Crippen LogP contribution >= 0.6 is 0 Å². The lowest BCUT2D eigenvalue weighted by molar-refractivity contribution is 0.0935. The first-order valence-corrected chi connectivity index (χ1v) is 6.68. The maximum Gasteiger partial charge on any atom is 0.251 e. The van der Waals surface area contributed by atoms with Crippen LogP contribution < -0.4 is 5.32 Å². The molecule has 3 nitrogen and oxygen atoms in total. The zero-order chi connectivity index (χ0) is 14.8. The molecular formula is C17H14FNO2. The van der Waals surface area contributed by atoms with Crippen LogP contribution in [0.3, 0.4) is 0 Å². The summed E-state index contributed by atoms with van der Waals surface area (Å²) in [5.74, 6) is 0.0616. The summed E-state index contributed by atoms with van der Waals surface area (Å²) in [5.41, 5.74) is 1.20. The summed E-state index contributed by atoms with van der Waals surface area (Å²) >= 11 is 0. The van der Waals surface area contributed by atoms with E-state index in [-0.39, 0.29) is 17.8 Å². The highest BCUT2D eigenvalue weighted by molar-refractivity contribution is 5.94. The molecule has 0 aliphatic heterocycles. The maximum absolute atomic E-state index is 12.8. The smallest absolute Gasteiger partial charge is 0.251 e. The molecule has 0 radical (unpaired) electrons. The van der Waals surface area contributed by atoms with Crippen LogP contribution in [0.1, 0.15) is 29.1 Å². The van der Waals surface area contributed by atoms with Crippen LogP contribution in [0.25, 0.3) is 11.0 Å². The second-order valence-corrected chi connectivity index (χ2v) is 4.89. The van der Waals surface area contributed by atoms with Gasteiger partial charge in [0.15, 0.2) is 0 Å². The van der Waals surface area contributed by atoms with Crippen LogP contribution in [0.2, 0.25) is 0 Å². The molecule has 0 unspecified atom stereocenters. The number of amides is 1. The molecule has 4 heteroatoms. The number of hydrogen-bond donors (Lipinski definition) is 1. The highest BCUT2D eigenvalue weighted by Crippen LogP contribution is 2.23. The molecule has 3 aromatic rings. The van der Waals surface area contributed by atoms with E-state index in [2.05, 4.69) is 5.32 Å². The lowest BCUT2D eigenvalue weighted by atomic mass is 10.1. The van der Waals surface area contributed by atoms with Crippen molar-refractivity contribution in [3.63, 3.8) is 0 Å².